The van der Waals surface area contributed by atoms with Gasteiger partial charge >= 0.3 is 5.97 Å². The summed E-state index contributed by atoms with van der Waals surface area (Å²) in [6.45, 7) is 9.44. The number of ether oxygens (including phenoxy) is 1. The smallest absolute Gasteiger partial charge is 0.308 e. The summed E-state index contributed by atoms with van der Waals surface area (Å²) in [7, 11) is 0. The maximum absolute atomic E-state index is 11.1. The van der Waals surface area contributed by atoms with Crippen molar-refractivity contribution in [3.8, 4) is 0 Å². The van der Waals surface area contributed by atoms with E-state index in [0.29, 0.717) is 6.61 Å². The second-order valence-corrected chi connectivity index (χ2v) is 3.22. The second kappa shape index (κ2) is 7.13. The molecule has 0 amide bonds. The van der Waals surface area contributed by atoms with Gasteiger partial charge in [-0.05, 0) is 12.5 Å². The van der Waals surface area contributed by atoms with Crippen molar-refractivity contribution in [2.75, 3.05) is 6.61 Å². The van der Waals surface area contributed by atoms with Crippen LogP contribution in [0.4, 0.5) is 0 Å². The predicted octanol–water partition coefficient (Wildman–Crippen LogP) is 2.87. The van der Waals surface area contributed by atoms with E-state index < -0.39 is 0 Å². The number of allylic oxidation sites excluding steroid dienone is 3. The lowest BCUT2D eigenvalue weighted by Crippen LogP contribution is -2.12. The zero-order valence-corrected chi connectivity index (χ0v) is 9.12. The average Bonchev–Trinajstić information content (AvgIpc) is 2.17. The summed E-state index contributed by atoms with van der Waals surface area (Å²) in [5.41, 5.74) is 0.971. The molecule has 0 rings (SSSR count). The Balaban J connectivity index is 4.04. The fraction of sp³-hybridized carbons (Fsp3) is 0.417. The third-order valence-corrected chi connectivity index (χ3v) is 1.67. The van der Waals surface area contributed by atoms with Crippen LogP contribution in [0.5, 0.6) is 0 Å². The Hall–Kier alpha value is -1.31. The van der Waals surface area contributed by atoms with E-state index in [-0.39, 0.29) is 11.9 Å². The highest BCUT2D eigenvalue weighted by Gasteiger charge is 2.07. The quantitative estimate of drug-likeness (QED) is 0.497. The van der Waals surface area contributed by atoms with Gasteiger partial charge < -0.3 is 4.74 Å². The van der Waals surface area contributed by atoms with Crippen LogP contribution in [0.3, 0.4) is 0 Å². The first-order valence-corrected chi connectivity index (χ1v) is 4.72. The molecule has 0 aliphatic heterocycles. The Morgan fingerprint density at radius 1 is 1.50 bits per heavy atom. The Labute approximate surface area is 86.0 Å². The molecule has 0 saturated carbocycles. The fourth-order valence-electron chi connectivity index (χ4n) is 0.740. The standard InChI is InChI=1S/C12H18O2/c1-5-7-8-11(6-2)9-14-12(13)10(3)4/h5-8,10H,1,9H2,2-4H3. The molecule has 0 saturated heterocycles. The van der Waals surface area contributed by atoms with Crippen LogP contribution in [0.15, 0.2) is 36.5 Å². The van der Waals surface area contributed by atoms with Crippen molar-refractivity contribution in [1.29, 1.82) is 0 Å². The molecule has 0 atom stereocenters. The van der Waals surface area contributed by atoms with Crippen molar-refractivity contribution >= 4 is 5.97 Å². The molecule has 0 aromatic rings. The molecule has 0 fully saturated rings. The Bertz CT molecular complexity index is 247. The van der Waals surface area contributed by atoms with Gasteiger partial charge in [-0.15, -0.1) is 0 Å². The number of hydrogen-bond acceptors (Lipinski definition) is 2. The second-order valence-electron chi connectivity index (χ2n) is 3.22. The first kappa shape index (κ1) is 12.7. The monoisotopic (exact) mass is 194 g/mol. The van der Waals surface area contributed by atoms with Crippen LogP contribution in [-0.2, 0) is 9.53 Å². The molecular formula is C12H18O2. The third-order valence-electron chi connectivity index (χ3n) is 1.67. The molecule has 78 valence electrons. The summed E-state index contributed by atoms with van der Waals surface area (Å²) in [6, 6.07) is 0. The number of carbonyl (C=O) groups excluding carboxylic acids is 1. The van der Waals surface area contributed by atoms with Gasteiger partial charge in [-0.1, -0.05) is 44.7 Å². The van der Waals surface area contributed by atoms with Crippen molar-refractivity contribution < 1.29 is 9.53 Å². The summed E-state index contributed by atoms with van der Waals surface area (Å²) >= 11 is 0. The molecule has 2 nitrogen and oxygen atoms in total. The first-order chi connectivity index (χ1) is 6.61. The van der Waals surface area contributed by atoms with Crippen molar-refractivity contribution in [2.45, 2.75) is 20.8 Å². The van der Waals surface area contributed by atoms with E-state index >= 15 is 0 Å². The van der Waals surface area contributed by atoms with E-state index in [9.17, 15) is 4.79 Å². The fourth-order valence-corrected chi connectivity index (χ4v) is 0.740. The summed E-state index contributed by atoms with van der Waals surface area (Å²) in [6.07, 6.45) is 7.29. The lowest BCUT2D eigenvalue weighted by molar-refractivity contribution is -0.146. The Kier molecular flexibility index (Phi) is 6.46. The van der Waals surface area contributed by atoms with E-state index in [1.54, 1.807) is 6.08 Å². The molecule has 0 spiro atoms. The van der Waals surface area contributed by atoms with Crippen LogP contribution in [0.2, 0.25) is 0 Å². The maximum Gasteiger partial charge on any atom is 0.308 e. The van der Waals surface area contributed by atoms with Gasteiger partial charge in [-0.2, -0.15) is 0 Å². The number of esters is 1. The molecule has 0 radical (unpaired) electrons. The van der Waals surface area contributed by atoms with Crippen LogP contribution in [0, 0.1) is 5.92 Å². The van der Waals surface area contributed by atoms with Crippen molar-refractivity contribution in [1.82, 2.24) is 0 Å². The van der Waals surface area contributed by atoms with Gasteiger partial charge in [0.2, 0.25) is 0 Å². The lowest BCUT2D eigenvalue weighted by atomic mass is 10.2. The van der Waals surface area contributed by atoms with Crippen molar-refractivity contribution in [3.05, 3.63) is 36.5 Å². The molecule has 0 N–H and O–H groups in total. The molecule has 0 aliphatic rings. The van der Waals surface area contributed by atoms with Crippen LogP contribution in [0.1, 0.15) is 20.8 Å². The topological polar surface area (TPSA) is 26.3 Å². The van der Waals surface area contributed by atoms with Gasteiger partial charge in [-0.25, -0.2) is 0 Å². The zero-order chi connectivity index (χ0) is 11.0. The minimum Gasteiger partial charge on any atom is -0.461 e. The Morgan fingerprint density at radius 3 is 2.57 bits per heavy atom. The van der Waals surface area contributed by atoms with E-state index in [1.165, 1.54) is 0 Å². The van der Waals surface area contributed by atoms with Crippen LogP contribution >= 0.6 is 0 Å². The molecule has 0 aromatic heterocycles. The summed E-state index contributed by atoms with van der Waals surface area (Å²) in [5, 5.41) is 0. The third kappa shape index (κ3) is 5.36. The van der Waals surface area contributed by atoms with Gasteiger partial charge in [0.25, 0.3) is 0 Å². The highest BCUT2D eigenvalue weighted by atomic mass is 16.5. The van der Waals surface area contributed by atoms with Crippen molar-refractivity contribution in [2.24, 2.45) is 5.92 Å². The highest BCUT2D eigenvalue weighted by Crippen LogP contribution is 2.02. The molecule has 0 bridgehead atoms. The van der Waals surface area contributed by atoms with Crippen LogP contribution in [0.25, 0.3) is 0 Å². The van der Waals surface area contributed by atoms with E-state index in [2.05, 4.69) is 6.58 Å². The predicted molar refractivity (Wildman–Crippen MR) is 58.9 cm³/mol. The van der Waals surface area contributed by atoms with E-state index in [0.717, 1.165) is 5.57 Å². The average molecular weight is 194 g/mol. The summed E-state index contributed by atoms with van der Waals surface area (Å²) < 4.78 is 5.06. The van der Waals surface area contributed by atoms with Gasteiger partial charge in [0.15, 0.2) is 0 Å². The Morgan fingerprint density at radius 2 is 2.14 bits per heavy atom. The SMILES string of the molecule is C=CC=CC(=CC)COC(=O)C(C)C. The van der Waals surface area contributed by atoms with E-state index in [4.69, 9.17) is 4.74 Å². The molecule has 14 heavy (non-hydrogen) atoms. The highest BCUT2D eigenvalue weighted by molar-refractivity contribution is 5.71. The summed E-state index contributed by atoms with van der Waals surface area (Å²) in [4.78, 5) is 11.1. The molecule has 0 aliphatic carbocycles. The van der Waals surface area contributed by atoms with Crippen LogP contribution in [-0.4, -0.2) is 12.6 Å². The maximum atomic E-state index is 11.1. The molecule has 0 unspecified atom stereocenters. The normalized spacial score (nSPS) is 12.1. The zero-order valence-electron chi connectivity index (χ0n) is 9.12. The van der Waals surface area contributed by atoms with E-state index in [1.807, 2.05) is 39.0 Å². The van der Waals surface area contributed by atoms with Gasteiger partial charge in [-0.3, -0.25) is 4.79 Å². The molecule has 0 aromatic carbocycles. The molecular weight excluding hydrogens is 176 g/mol. The van der Waals surface area contributed by atoms with Gasteiger partial charge in [0, 0.05) is 0 Å². The van der Waals surface area contributed by atoms with Crippen LogP contribution < -0.4 is 0 Å². The number of rotatable bonds is 5. The lowest BCUT2D eigenvalue weighted by Gasteiger charge is -2.07. The van der Waals surface area contributed by atoms with Gasteiger partial charge in [0.1, 0.15) is 6.61 Å². The number of hydrogen-bond donors (Lipinski definition) is 0. The summed E-state index contributed by atoms with van der Waals surface area (Å²) in [5.74, 6) is -0.243. The minimum atomic E-state index is -0.170. The first-order valence-electron chi connectivity index (χ1n) is 4.72. The van der Waals surface area contributed by atoms with Gasteiger partial charge in [0.05, 0.1) is 5.92 Å². The minimum absolute atomic E-state index is 0.0727. The largest absolute Gasteiger partial charge is 0.461 e. The molecule has 2 heteroatoms. The number of carbonyl (C=O) groups is 1. The van der Waals surface area contributed by atoms with Crippen molar-refractivity contribution in [3.63, 3.8) is 0 Å². The molecule has 0 heterocycles.